The number of aliphatic hydroxyl groups is 2. The Morgan fingerprint density at radius 2 is 1.93 bits per heavy atom. The summed E-state index contributed by atoms with van der Waals surface area (Å²) in [5.74, 6) is 1.06. The third kappa shape index (κ3) is 4.17. The maximum Gasteiger partial charge on any atom is 0.163 e. The van der Waals surface area contributed by atoms with Crippen molar-refractivity contribution in [2.24, 2.45) is 0 Å². The smallest absolute Gasteiger partial charge is 0.163 e. The number of hydrogen-bond acceptors (Lipinski definition) is 6. The van der Waals surface area contributed by atoms with Crippen LogP contribution in [0.1, 0.15) is 30.9 Å². The number of halogens is 1. The fourth-order valence-corrected chi connectivity index (χ4v) is 2.77. The van der Waals surface area contributed by atoms with E-state index in [1.807, 2.05) is 0 Å². The van der Waals surface area contributed by atoms with E-state index < -0.39 is 6.04 Å². The first kappa shape index (κ1) is 19.1. The Morgan fingerprint density at radius 3 is 2.59 bits per heavy atom. The van der Waals surface area contributed by atoms with E-state index in [-0.39, 0.29) is 31.5 Å². The van der Waals surface area contributed by atoms with Crippen LogP contribution in [0, 0.1) is 5.82 Å². The van der Waals surface area contributed by atoms with Crippen LogP contribution in [0.4, 0.5) is 16.0 Å². The molecule has 7 nitrogen and oxygen atoms in total. The van der Waals surface area contributed by atoms with Crippen LogP contribution in [-0.2, 0) is 6.54 Å². The number of hydrogen-bond donors (Lipinski definition) is 4. The maximum atomic E-state index is 13.9. The maximum absolute atomic E-state index is 13.9. The molecule has 0 radical (unpaired) electrons. The van der Waals surface area contributed by atoms with Gasteiger partial charge in [-0.1, -0.05) is 32.0 Å². The van der Waals surface area contributed by atoms with Gasteiger partial charge in [-0.2, -0.15) is 9.61 Å². The highest BCUT2D eigenvalue weighted by atomic mass is 19.1. The molecule has 0 spiro atoms. The predicted molar refractivity (Wildman–Crippen MR) is 102 cm³/mol. The number of anilines is 2. The molecule has 2 aromatic heterocycles. The Balaban J connectivity index is 1.97. The zero-order valence-electron chi connectivity index (χ0n) is 15.4. The average molecular weight is 373 g/mol. The van der Waals surface area contributed by atoms with Gasteiger partial charge >= 0.3 is 0 Å². The van der Waals surface area contributed by atoms with Crippen LogP contribution in [0.5, 0.6) is 0 Å². The van der Waals surface area contributed by atoms with E-state index in [0.717, 1.165) is 5.56 Å². The number of rotatable bonds is 8. The van der Waals surface area contributed by atoms with Gasteiger partial charge in [-0.15, -0.1) is 0 Å². The SMILES string of the molecule is CC(C)c1cnn2c(NCc3ccccc3F)cc(NC(CO)CO)nc12. The monoisotopic (exact) mass is 373 g/mol. The largest absolute Gasteiger partial charge is 0.394 e. The van der Waals surface area contributed by atoms with Gasteiger partial charge in [0, 0.05) is 23.7 Å². The molecule has 0 aliphatic rings. The quantitative estimate of drug-likeness (QED) is 0.484. The minimum Gasteiger partial charge on any atom is -0.394 e. The van der Waals surface area contributed by atoms with Gasteiger partial charge in [0.15, 0.2) is 5.65 Å². The van der Waals surface area contributed by atoms with Crippen molar-refractivity contribution in [3.63, 3.8) is 0 Å². The fourth-order valence-electron chi connectivity index (χ4n) is 2.77. The van der Waals surface area contributed by atoms with E-state index >= 15 is 0 Å². The Kier molecular flexibility index (Phi) is 5.88. The Hall–Kier alpha value is -2.71. The Labute approximate surface area is 156 Å². The first-order valence-electron chi connectivity index (χ1n) is 8.87. The second-order valence-corrected chi connectivity index (χ2v) is 6.67. The molecule has 8 heteroatoms. The van der Waals surface area contributed by atoms with Crippen LogP contribution in [0.3, 0.4) is 0 Å². The van der Waals surface area contributed by atoms with Gasteiger partial charge < -0.3 is 20.8 Å². The van der Waals surface area contributed by atoms with Crippen molar-refractivity contribution in [1.82, 2.24) is 14.6 Å². The lowest BCUT2D eigenvalue weighted by Gasteiger charge is -2.17. The molecular weight excluding hydrogens is 349 g/mol. The van der Waals surface area contributed by atoms with Gasteiger partial charge in [0.2, 0.25) is 0 Å². The van der Waals surface area contributed by atoms with Crippen molar-refractivity contribution < 1.29 is 14.6 Å². The topological polar surface area (TPSA) is 94.7 Å². The zero-order chi connectivity index (χ0) is 19.4. The molecule has 144 valence electrons. The number of fused-ring (bicyclic) bond motifs is 1. The molecule has 0 aliphatic heterocycles. The number of benzene rings is 1. The van der Waals surface area contributed by atoms with Crippen molar-refractivity contribution >= 4 is 17.3 Å². The minimum atomic E-state index is -0.523. The van der Waals surface area contributed by atoms with E-state index in [4.69, 9.17) is 0 Å². The molecule has 0 unspecified atom stereocenters. The molecule has 3 aromatic rings. The van der Waals surface area contributed by atoms with Crippen molar-refractivity contribution in [2.75, 3.05) is 23.8 Å². The third-order valence-corrected chi connectivity index (χ3v) is 4.33. The van der Waals surface area contributed by atoms with Crippen LogP contribution < -0.4 is 10.6 Å². The van der Waals surface area contributed by atoms with E-state index in [0.29, 0.717) is 22.8 Å². The number of aliphatic hydroxyl groups excluding tert-OH is 2. The molecule has 0 amide bonds. The summed E-state index contributed by atoms with van der Waals surface area (Å²) in [7, 11) is 0. The molecule has 2 heterocycles. The van der Waals surface area contributed by atoms with E-state index in [1.54, 1.807) is 35.0 Å². The highest BCUT2D eigenvalue weighted by Gasteiger charge is 2.16. The fraction of sp³-hybridized carbons (Fsp3) is 0.368. The molecule has 0 saturated carbocycles. The summed E-state index contributed by atoms with van der Waals surface area (Å²) in [4.78, 5) is 4.58. The van der Waals surface area contributed by atoms with Gasteiger partial charge in [0.1, 0.15) is 17.5 Å². The first-order chi connectivity index (χ1) is 13.0. The molecule has 0 bridgehead atoms. The minimum absolute atomic E-state index is 0.219. The molecule has 0 aliphatic carbocycles. The summed E-state index contributed by atoms with van der Waals surface area (Å²) in [6.07, 6.45) is 1.76. The second-order valence-electron chi connectivity index (χ2n) is 6.67. The predicted octanol–water partition coefficient (Wildman–Crippen LogP) is 2.37. The number of aromatic nitrogens is 3. The van der Waals surface area contributed by atoms with Crippen LogP contribution in [-0.4, -0.2) is 44.1 Å². The molecule has 4 N–H and O–H groups in total. The zero-order valence-corrected chi connectivity index (χ0v) is 15.4. The summed E-state index contributed by atoms with van der Waals surface area (Å²) in [6, 6.07) is 7.78. The Morgan fingerprint density at radius 1 is 1.19 bits per heavy atom. The van der Waals surface area contributed by atoms with Crippen molar-refractivity contribution in [3.05, 3.63) is 53.5 Å². The lowest BCUT2D eigenvalue weighted by Crippen LogP contribution is -2.28. The lowest BCUT2D eigenvalue weighted by atomic mass is 10.1. The number of nitrogens with one attached hydrogen (secondary N) is 2. The van der Waals surface area contributed by atoms with E-state index in [1.165, 1.54) is 6.07 Å². The highest BCUT2D eigenvalue weighted by molar-refractivity contribution is 5.61. The molecule has 0 atom stereocenters. The van der Waals surface area contributed by atoms with Crippen molar-refractivity contribution in [2.45, 2.75) is 32.4 Å². The Bertz CT molecular complexity index is 908. The van der Waals surface area contributed by atoms with Crippen LogP contribution in [0.2, 0.25) is 0 Å². The molecule has 0 saturated heterocycles. The summed E-state index contributed by atoms with van der Waals surface area (Å²) in [5.41, 5.74) is 2.18. The van der Waals surface area contributed by atoms with Crippen LogP contribution in [0.15, 0.2) is 36.5 Å². The van der Waals surface area contributed by atoms with Gasteiger partial charge in [0.25, 0.3) is 0 Å². The van der Waals surface area contributed by atoms with E-state index in [2.05, 4.69) is 34.6 Å². The average Bonchev–Trinajstić information content (AvgIpc) is 3.09. The first-order valence-corrected chi connectivity index (χ1v) is 8.87. The van der Waals surface area contributed by atoms with Crippen molar-refractivity contribution in [3.8, 4) is 0 Å². The third-order valence-electron chi connectivity index (χ3n) is 4.33. The molecule has 3 rings (SSSR count). The molecule has 0 fully saturated rings. The normalized spacial score (nSPS) is 11.5. The van der Waals surface area contributed by atoms with Gasteiger partial charge in [-0.25, -0.2) is 9.37 Å². The number of nitrogens with zero attached hydrogens (tertiary/aromatic N) is 3. The summed E-state index contributed by atoms with van der Waals surface area (Å²) >= 11 is 0. The molecule has 1 aromatic carbocycles. The molecule has 27 heavy (non-hydrogen) atoms. The highest BCUT2D eigenvalue weighted by Crippen LogP contribution is 2.24. The van der Waals surface area contributed by atoms with Gasteiger partial charge in [-0.3, -0.25) is 0 Å². The van der Waals surface area contributed by atoms with E-state index in [9.17, 15) is 14.6 Å². The molecular formula is C19H24FN5O2. The summed E-state index contributed by atoms with van der Waals surface area (Å²) in [6.45, 7) is 3.94. The van der Waals surface area contributed by atoms with Gasteiger partial charge in [-0.05, 0) is 12.0 Å². The summed E-state index contributed by atoms with van der Waals surface area (Å²) < 4.78 is 15.6. The van der Waals surface area contributed by atoms with Crippen LogP contribution in [0.25, 0.3) is 5.65 Å². The van der Waals surface area contributed by atoms with Gasteiger partial charge in [0.05, 0.1) is 25.5 Å². The standard InChI is InChI=1S/C19H24FN5O2/c1-12(2)15-9-22-25-18(21-8-13-5-3-4-6-16(13)20)7-17(24-19(15)25)23-14(10-26)11-27/h3-7,9,12,14,21,26-27H,8,10-11H2,1-2H3,(H,23,24). The lowest BCUT2D eigenvalue weighted by molar-refractivity contribution is 0.203. The second kappa shape index (κ2) is 8.32. The van der Waals surface area contributed by atoms with Crippen molar-refractivity contribution in [1.29, 1.82) is 0 Å². The summed E-state index contributed by atoms with van der Waals surface area (Å²) in [5, 5.41) is 29.3. The van der Waals surface area contributed by atoms with Crippen LogP contribution >= 0.6 is 0 Å².